The van der Waals surface area contributed by atoms with Gasteiger partial charge in [0, 0.05) is 19.6 Å². The number of anilines is 3. The van der Waals surface area contributed by atoms with Crippen LogP contribution in [-0.4, -0.2) is 43.7 Å². The number of rotatable bonds is 3. The molecular weight excluding hydrogens is 345 g/mol. The third-order valence-electron chi connectivity index (χ3n) is 5.24. The molecule has 0 saturated carbocycles. The summed E-state index contributed by atoms with van der Waals surface area (Å²) in [5.74, 6) is 0.858. The van der Waals surface area contributed by atoms with Gasteiger partial charge in [-0.1, -0.05) is 12.1 Å². The molecule has 27 heavy (non-hydrogen) atoms. The highest BCUT2D eigenvalue weighted by atomic mass is 19.1. The van der Waals surface area contributed by atoms with Gasteiger partial charge in [-0.05, 0) is 56.1 Å². The van der Waals surface area contributed by atoms with Crippen LogP contribution in [0.25, 0.3) is 0 Å². The van der Waals surface area contributed by atoms with Crippen molar-refractivity contribution in [2.75, 3.05) is 42.5 Å². The molecule has 2 aromatic rings. The van der Waals surface area contributed by atoms with Gasteiger partial charge < -0.3 is 15.5 Å². The number of piperidine rings is 1. The molecule has 7 heteroatoms. The first kappa shape index (κ1) is 17.7. The number of carbonyl (C=O) groups is 1. The van der Waals surface area contributed by atoms with Crippen molar-refractivity contribution in [2.24, 2.45) is 5.92 Å². The molecule has 4 rings (SSSR count). The quantitative estimate of drug-likeness (QED) is 0.873. The number of aromatic nitrogens is 1. The third-order valence-corrected chi connectivity index (χ3v) is 5.24. The number of amides is 2. The highest BCUT2D eigenvalue weighted by Crippen LogP contribution is 2.36. The Labute approximate surface area is 158 Å². The molecule has 2 amide bonds. The van der Waals surface area contributed by atoms with E-state index in [0.29, 0.717) is 31.4 Å². The molecule has 1 fully saturated rings. The summed E-state index contributed by atoms with van der Waals surface area (Å²) in [4.78, 5) is 20.8. The second kappa shape index (κ2) is 7.92. The summed E-state index contributed by atoms with van der Waals surface area (Å²) in [5.41, 5.74) is 1.75. The van der Waals surface area contributed by atoms with Gasteiger partial charge in [-0.3, -0.25) is 4.90 Å². The molecule has 1 aromatic carbocycles. The van der Waals surface area contributed by atoms with Gasteiger partial charge in [0.25, 0.3) is 0 Å². The summed E-state index contributed by atoms with van der Waals surface area (Å²) in [7, 11) is 0. The lowest BCUT2D eigenvalue weighted by atomic mass is 9.98. The Balaban J connectivity index is 1.50. The van der Waals surface area contributed by atoms with E-state index < -0.39 is 0 Å². The molecule has 2 N–H and O–H groups in total. The SMILES string of the molecule is O=C(NCC1CCNCC1)N1CCN(c2ccc(F)cn2)c2ccccc21. The minimum Gasteiger partial charge on any atom is -0.337 e. The number of carbonyl (C=O) groups excluding carboxylic acids is 1. The van der Waals surface area contributed by atoms with E-state index in [-0.39, 0.29) is 11.8 Å². The highest BCUT2D eigenvalue weighted by molar-refractivity contribution is 5.97. The maximum absolute atomic E-state index is 13.2. The normalized spacial score (nSPS) is 17.5. The first-order chi connectivity index (χ1) is 13.2. The molecule has 0 aliphatic carbocycles. The van der Waals surface area contributed by atoms with Gasteiger partial charge >= 0.3 is 6.03 Å². The van der Waals surface area contributed by atoms with Gasteiger partial charge in [-0.25, -0.2) is 14.2 Å². The molecule has 0 unspecified atom stereocenters. The number of hydrogen-bond acceptors (Lipinski definition) is 4. The van der Waals surface area contributed by atoms with E-state index in [0.717, 1.165) is 37.3 Å². The molecule has 6 nitrogen and oxygen atoms in total. The van der Waals surface area contributed by atoms with Crippen molar-refractivity contribution in [1.82, 2.24) is 15.6 Å². The molecule has 142 valence electrons. The van der Waals surface area contributed by atoms with Crippen LogP contribution in [-0.2, 0) is 0 Å². The van der Waals surface area contributed by atoms with Gasteiger partial charge in [0.15, 0.2) is 0 Å². The van der Waals surface area contributed by atoms with E-state index in [4.69, 9.17) is 0 Å². The van der Waals surface area contributed by atoms with Crippen molar-refractivity contribution in [1.29, 1.82) is 0 Å². The molecule has 0 spiro atoms. The second-order valence-electron chi connectivity index (χ2n) is 7.01. The molecule has 0 radical (unpaired) electrons. The number of pyridine rings is 1. The molecule has 2 aliphatic heterocycles. The Morgan fingerprint density at radius 1 is 1.15 bits per heavy atom. The topological polar surface area (TPSA) is 60.5 Å². The van der Waals surface area contributed by atoms with Crippen LogP contribution in [0.4, 0.5) is 26.4 Å². The van der Waals surface area contributed by atoms with Crippen LogP contribution >= 0.6 is 0 Å². The first-order valence-electron chi connectivity index (χ1n) is 9.46. The monoisotopic (exact) mass is 369 g/mol. The van der Waals surface area contributed by atoms with Crippen LogP contribution < -0.4 is 20.4 Å². The minimum absolute atomic E-state index is 0.0623. The lowest BCUT2D eigenvalue weighted by Crippen LogP contribution is -2.48. The van der Waals surface area contributed by atoms with E-state index in [9.17, 15) is 9.18 Å². The predicted molar refractivity (Wildman–Crippen MR) is 104 cm³/mol. The van der Waals surface area contributed by atoms with Crippen LogP contribution in [0.1, 0.15) is 12.8 Å². The van der Waals surface area contributed by atoms with Gasteiger partial charge in [-0.15, -0.1) is 0 Å². The summed E-state index contributed by atoms with van der Waals surface area (Å²) >= 11 is 0. The van der Waals surface area contributed by atoms with Crippen LogP contribution in [0.3, 0.4) is 0 Å². The average Bonchev–Trinajstić information content (AvgIpc) is 2.73. The summed E-state index contributed by atoms with van der Waals surface area (Å²) in [6.07, 6.45) is 3.41. The fraction of sp³-hybridized carbons (Fsp3) is 0.400. The van der Waals surface area contributed by atoms with Crippen LogP contribution in [0.5, 0.6) is 0 Å². The molecule has 3 heterocycles. The number of hydrogen-bond donors (Lipinski definition) is 2. The van der Waals surface area contributed by atoms with Crippen LogP contribution in [0, 0.1) is 11.7 Å². The van der Waals surface area contributed by atoms with Crippen molar-refractivity contribution in [3.8, 4) is 0 Å². The molecule has 1 aromatic heterocycles. The van der Waals surface area contributed by atoms with E-state index in [1.165, 1.54) is 12.3 Å². The lowest BCUT2D eigenvalue weighted by Gasteiger charge is -2.37. The van der Waals surface area contributed by atoms with Crippen molar-refractivity contribution in [2.45, 2.75) is 12.8 Å². The summed E-state index contributed by atoms with van der Waals surface area (Å²) < 4.78 is 13.2. The zero-order chi connectivity index (χ0) is 18.6. The Morgan fingerprint density at radius 3 is 2.67 bits per heavy atom. The summed E-state index contributed by atoms with van der Waals surface area (Å²) in [6.45, 7) is 3.91. The molecule has 0 atom stereocenters. The van der Waals surface area contributed by atoms with Crippen molar-refractivity contribution >= 4 is 23.2 Å². The number of fused-ring (bicyclic) bond motifs is 1. The lowest BCUT2D eigenvalue weighted by molar-refractivity contribution is 0.242. The summed E-state index contributed by atoms with van der Waals surface area (Å²) in [5, 5.41) is 6.45. The number of benzene rings is 1. The maximum atomic E-state index is 13.2. The standard InChI is InChI=1S/C20H24FN5O/c21-16-5-6-19(23-14-16)25-11-12-26(18-4-2-1-3-17(18)25)20(27)24-13-15-7-9-22-10-8-15/h1-6,14-15,22H,7-13H2,(H,24,27). The minimum atomic E-state index is -0.358. The fourth-order valence-corrected chi connectivity index (χ4v) is 3.75. The van der Waals surface area contributed by atoms with E-state index in [2.05, 4.69) is 15.6 Å². The Morgan fingerprint density at radius 2 is 1.93 bits per heavy atom. The fourth-order valence-electron chi connectivity index (χ4n) is 3.75. The van der Waals surface area contributed by atoms with E-state index in [1.54, 1.807) is 11.0 Å². The zero-order valence-corrected chi connectivity index (χ0v) is 15.2. The Hall–Kier alpha value is -2.67. The molecule has 1 saturated heterocycles. The molecule has 0 bridgehead atoms. The average molecular weight is 369 g/mol. The molecule has 2 aliphatic rings. The number of para-hydroxylation sites is 2. The number of nitrogens with zero attached hydrogens (tertiary/aromatic N) is 3. The summed E-state index contributed by atoms with van der Waals surface area (Å²) in [6, 6.07) is 10.8. The number of urea groups is 1. The molecular formula is C20H24FN5O. The van der Waals surface area contributed by atoms with Gasteiger partial charge in [0.2, 0.25) is 0 Å². The van der Waals surface area contributed by atoms with Gasteiger partial charge in [-0.2, -0.15) is 0 Å². The second-order valence-corrected chi connectivity index (χ2v) is 7.01. The Bertz CT molecular complexity index is 791. The number of halogens is 1. The van der Waals surface area contributed by atoms with E-state index >= 15 is 0 Å². The Kier molecular flexibility index (Phi) is 5.20. The highest BCUT2D eigenvalue weighted by Gasteiger charge is 2.28. The maximum Gasteiger partial charge on any atom is 0.322 e. The van der Waals surface area contributed by atoms with Crippen LogP contribution in [0.2, 0.25) is 0 Å². The zero-order valence-electron chi connectivity index (χ0n) is 15.2. The van der Waals surface area contributed by atoms with E-state index in [1.807, 2.05) is 29.2 Å². The van der Waals surface area contributed by atoms with Gasteiger partial charge in [0.05, 0.1) is 17.6 Å². The third kappa shape index (κ3) is 3.88. The largest absolute Gasteiger partial charge is 0.337 e. The smallest absolute Gasteiger partial charge is 0.322 e. The predicted octanol–water partition coefficient (Wildman–Crippen LogP) is 2.89. The van der Waals surface area contributed by atoms with Crippen LogP contribution in [0.15, 0.2) is 42.6 Å². The first-order valence-corrected chi connectivity index (χ1v) is 9.46. The van der Waals surface area contributed by atoms with Crippen molar-refractivity contribution < 1.29 is 9.18 Å². The number of nitrogens with one attached hydrogen (secondary N) is 2. The van der Waals surface area contributed by atoms with Crippen molar-refractivity contribution in [3.63, 3.8) is 0 Å². The van der Waals surface area contributed by atoms with Crippen molar-refractivity contribution in [3.05, 3.63) is 48.4 Å². The van der Waals surface area contributed by atoms with Gasteiger partial charge in [0.1, 0.15) is 11.6 Å².